The van der Waals surface area contributed by atoms with E-state index in [1.807, 2.05) is 36.4 Å². The van der Waals surface area contributed by atoms with Crippen LogP contribution in [0, 0.1) is 13.5 Å². The molecule has 3 aromatic carbocycles. The van der Waals surface area contributed by atoms with Crippen LogP contribution in [0.3, 0.4) is 0 Å². The van der Waals surface area contributed by atoms with Crippen molar-refractivity contribution in [3.63, 3.8) is 0 Å². The van der Waals surface area contributed by atoms with Crippen LogP contribution >= 0.6 is 0 Å². The summed E-state index contributed by atoms with van der Waals surface area (Å²) in [7, 11) is 2.07. The number of ether oxygens (including phenoxy) is 1. The van der Waals surface area contributed by atoms with Crippen LogP contribution in [0.5, 0.6) is 0 Å². The number of rotatable bonds is 6. The third kappa shape index (κ3) is 15.4. The molecule has 0 aromatic heterocycles. The Hall–Kier alpha value is -0.570. The van der Waals surface area contributed by atoms with Gasteiger partial charge in [0.15, 0.2) is 0 Å². The van der Waals surface area contributed by atoms with Gasteiger partial charge >= 0.3 is 26.2 Å². The van der Waals surface area contributed by atoms with Crippen molar-refractivity contribution < 1.29 is 55.8 Å². The molecule has 1 aliphatic rings. The molecular weight excluding hydrogens is 555 g/mol. The van der Waals surface area contributed by atoms with Crippen molar-refractivity contribution in [2.24, 2.45) is 0 Å². The molecule has 186 valence electrons. The van der Waals surface area contributed by atoms with Gasteiger partial charge in [0.25, 0.3) is 0 Å². The zero-order valence-electron chi connectivity index (χ0n) is 21.2. The van der Waals surface area contributed by atoms with Crippen molar-refractivity contribution in [2.75, 3.05) is 6.61 Å². The normalized spacial score (nSPS) is 10.1. The molecule has 0 fully saturated rings. The second kappa shape index (κ2) is 21.7. The maximum Gasteiger partial charge on any atom is 3.00 e. The number of unbranched alkanes of at least 4 members (excludes halogenated alkanes) is 3. The summed E-state index contributed by atoms with van der Waals surface area (Å²) >= 11 is 0. The third-order valence-corrected chi connectivity index (χ3v) is 5.35. The summed E-state index contributed by atoms with van der Waals surface area (Å²) in [5, 5.41) is 0. The molecule has 0 saturated heterocycles. The van der Waals surface area contributed by atoms with Gasteiger partial charge in [-0.3, -0.25) is 0 Å². The first-order chi connectivity index (χ1) is 14.5. The molecule has 0 bridgehead atoms. The van der Waals surface area contributed by atoms with Crippen LogP contribution in [-0.4, -0.2) is 22.5 Å². The van der Waals surface area contributed by atoms with Crippen molar-refractivity contribution in [3.05, 3.63) is 97.4 Å². The molecule has 3 aromatic rings. The molecule has 0 saturated carbocycles. The van der Waals surface area contributed by atoms with E-state index in [0.717, 1.165) is 13.0 Å². The average Bonchev–Trinajstić information content (AvgIpc) is 3.42. The Labute approximate surface area is 244 Å². The van der Waals surface area contributed by atoms with Gasteiger partial charge < -0.3 is 37.0 Å². The van der Waals surface area contributed by atoms with Gasteiger partial charge in [-0.05, 0) is 33.6 Å². The van der Waals surface area contributed by atoms with Crippen molar-refractivity contribution in [1.82, 2.24) is 0 Å². The Bertz CT molecular complexity index is 771. The minimum absolute atomic E-state index is 0. The predicted molar refractivity (Wildman–Crippen MR) is 139 cm³/mol. The fourth-order valence-electron chi connectivity index (χ4n) is 3.33. The molecule has 34 heavy (non-hydrogen) atoms. The minimum atomic E-state index is 0. The first-order valence-corrected chi connectivity index (χ1v) is 12.2. The smallest absolute Gasteiger partial charge is 1.00 e. The Morgan fingerprint density at radius 3 is 2.09 bits per heavy atom. The van der Waals surface area contributed by atoms with Gasteiger partial charge in [-0.2, -0.15) is 48.0 Å². The van der Waals surface area contributed by atoms with Gasteiger partial charge in [0, 0.05) is 16.8 Å². The van der Waals surface area contributed by atoms with Crippen LogP contribution in [0.15, 0.2) is 72.8 Å². The van der Waals surface area contributed by atoms with E-state index in [4.69, 9.17) is 4.74 Å². The van der Waals surface area contributed by atoms with Crippen molar-refractivity contribution in [2.45, 2.75) is 64.5 Å². The zero-order valence-corrected chi connectivity index (χ0v) is 26.6. The minimum Gasteiger partial charge on any atom is -1.00 e. The Morgan fingerprint density at radius 1 is 0.882 bits per heavy atom. The van der Waals surface area contributed by atoms with E-state index in [2.05, 4.69) is 73.5 Å². The first-order valence-electron chi connectivity index (χ1n) is 11.2. The van der Waals surface area contributed by atoms with Gasteiger partial charge in [0.1, 0.15) is 0 Å². The van der Waals surface area contributed by atoms with Crippen LogP contribution in [0.1, 0.15) is 57.6 Å². The van der Waals surface area contributed by atoms with E-state index in [-0.39, 0.29) is 64.0 Å². The fraction of sp³-hybridized carbons (Fsp3) is 0.379. The molecular formula is C29H40Cl2OSiZr-2. The molecule has 5 heteroatoms. The van der Waals surface area contributed by atoms with E-state index in [9.17, 15) is 0 Å². The quantitative estimate of drug-likeness (QED) is 0.186. The van der Waals surface area contributed by atoms with Gasteiger partial charge in [-0.15, -0.1) is 5.56 Å². The molecule has 0 unspecified atom stereocenters. The summed E-state index contributed by atoms with van der Waals surface area (Å²) < 4.78 is 5.61. The van der Waals surface area contributed by atoms with E-state index in [1.165, 1.54) is 54.0 Å². The van der Waals surface area contributed by atoms with Gasteiger partial charge in [0.2, 0.25) is 0 Å². The van der Waals surface area contributed by atoms with Crippen LogP contribution in [0.2, 0.25) is 6.04 Å². The SMILES string of the molecule is CC(C)(C)OCCCCCC[SiH2].[CH3-].[Cl-].[Cl-].[Zr+3].[c-]1cccc2c1Cc1ccccc1-2.c1cc[cH-]c1. The number of fused-ring (bicyclic) bond motifs is 3. The standard InChI is InChI=1S/C13H9.C10H23OSi.C5H5.CH3.2ClH.Zr/c1-3-7-12-10(5-1)9-11-6-2-4-8-13(11)12;1-10(2,3)11-8-6-4-5-7-9-12;1-2-4-5-3-1;;;;/h1-5,7-8H,9H2;4-9,12H2,1-3H3;1-5H;1H3;2*1H;/q-1;;2*-1;;;+3/p-2. The van der Waals surface area contributed by atoms with Gasteiger partial charge in [0.05, 0.1) is 5.60 Å². The van der Waals surface area contributed by atoms with E-state index in [1.54, 1.807) is 0 Å². The Morgan fingerprint density at radius 2 is 1.50 bits per heavy atom. The molecule has 2 radical (unpaired) electrons. The molecule has 0 amide bonds. The first kappa shape index (κ1) is 38.0. The number of benzene rings is 2. The largest absolute Gasteiger partial charge is 3.00 e. The molecule has 0 atom stereocenters. The molecule has 0 aliphatic heterocycles. The summed E-state index contributed by atoms with van der Waals surface area (Å²) in [6.07, 6.45) is 6.35. The van der Waals surface area contributed by atoms with Crippen molar-refractivity contribution in [1.29, 1.82) is 0 Å². The van der Waals surface area contributed by atoms with Crippen LogP contribution in [0.4, 0.5) is 0 Å². The van der Waals surface area contributed by atoms with Crippen LogP contribution < -0.4 is 24.8 Å². The predicted octanol–water partition coefficient (Wildman–Crippen LogP) is 1.33. The summed E-state index contributed by atoms with van der Waals surface area (Å²) in [5.74, 6) is 0. The maximum absolute atomic E-state index is 5.61. The van der Waals surface area contributed by atoms with Crippen molar-refractivity contribution in [3.8, 4) is 11.1 Å². The number of hydrogen-bond donors (Lipinski definition) is 0. The molecule has 1 nitrogen and oxygen atoms in total. The summed E-state index contributed by atoms with van der Waals surface area (Å²) in [4.78, 5) is 0. The molecule has 0 heterocycles. The molecule has 1 aliphatic carbocycles. The topological polar surface area (TPSA) is 9.23 Å². The third-order valence-electron chi connectivity index (χ3n) is 4.85. The van der Waals surface area contributed by atoms with E-state index >= 15 is 0 Å². The Kier molecular flexibility index (Phi) is 24.2. The van der Waals surface area contributed by atoms with Gasteiger partial charge in [-0.1, -0.05) is 60.7 Å². The van der Waals surface area contributed by atoms with Gasteiger partial charge in [-0.25, -0.2) is 12.1 Å². The van der Waals surface area contributed by atoms with E-state index in [0.29, 0.717) is 0 Å². The Balaban J connectivity index is -0.000000430. The average molecular weight is 595 g/mol. The maximum atomic E-state index is 5.61. The van der Waals surface area contributed by atoms with Crippen LogP contribution in [0.25, 0.3) is 11.1 Å². The molecule has 4 rings (SSSR count). The molecule has 0 spiro atoms. The van der Waals surface area contributed by atoms with Crippen molar-refractivity contribution >= 4 is 10.2 Å². The second-order valence-corrected chi connectivity index (χ2v) is 9.29. The monoisotopic (exact) mass is 592 g/mol. The second-order valence-electron chi connectivity index (χ2n) is 8.59. The zero-order chi connectivity index (χ0) is 21.7. The number of hydrogen-bond acceptors (Lipinski definition) is 1. The summed E-state index contributed by atoms with van der Waals surface area (Å²) in [6.45, 7) is 7.26. The van der Waals surface area contributed by atoms with E-state index < -0.39 is 0 Å². The molecule has 0 N–H and O–H groups in total. The summed E-state index contributed by atoms with van der Waals surface area (Å²) in [5.41, 5.74) is 5.56. The fourth-order valence-corrected chi connectivity index (χ4v) is 3.68. The number of halogens is 2. The van der Waals surface area contributed by atoms with Crippen LogP contribution in [-0.2, 0) is 37.4 Å². The summed E-state index contributed by atoms with van der Waals surface area (Å²) in [6, 6.07) is 29.5.